The topological polar surface area (TPSA) is 77.5 Å². The van der Waals surface area contributed by atoms with E-state index in [0.717, 1.165) is 11.3 Å². The van der Waals surface area contributed by atoms with Gasteiger partial charge >= 0.3 is 5.97 Å². The van der Waals surface area contributed by atoms with Gasteiger partial charge in [0.1, 0.15) is 10.8 Å². The lowest BCUT2D eigenvalue weighted by Gasteiger charge is -2.09. The second kappa shape index (κ2) is 9.45. The summed E-state index contributed by atoms with van der Waals surface area (Å²) in [6.45, 7) is -0.509. The molecule has 0 aliphatic carbocycles. The number of rotatable bonds is 6. The van der Waals surface area contributed by atoms with Gasteiger partial charge in [0, 0.05) is 10.9 Å². The van der Waals surface area contributed by atoms with Gasteiger partial charge in [0.15, 0.2) is 12.3 Å². The molecule has 0 fully saturated rings. The van der Waals surface area contributed by atoms with Crippen molar-refractivity contribution in [1.82, 2.24) is 4.98 Å². The summed E-state index contributed by atoms with van der Waals surface area (Å²) in [4.78, 5) is 28.5. The van der Waals surface area contributed by atoms with Crippen LogP contribution in [0.3, 0.4) is 0 Å². The number of esters is 1. The minimum absolute atomic E-state index is 0.112. The fourth-order valence-electron chi connectivity index (χ4n) is 2.24. The van der Waals surface area contributed by atoms with Crippen LogP contribution in [-0.4, -0.2) is 30.6 Å². The van der Waals surface area contributed by atoms with Crippen molar-refractivity contribution in [3.63, 3.8) is 0 Å². The average molecular weight is 472 g/mol. The quantitative estimate of drug-likeness (QED) is 0.375. The van der Waals surface area contributed by atoms with Crippen molar-refractivity contribution in [3.8, 4) is 16.3 Å². The largest absolute Gasteiger partial charge is 0.497 e. The van der Waals surface area contributed by atoms with Gasteiger partial charge in [0.05, 0.1) is 27.9 Å². The van der Waals surface area contributed by atoms with Crippen LogP contribution < -0.4 is 10.1 Å². The van der Waals surface area contributed by atoms with Crippen LogP contribution in [0.25, 0.3) is 10.6 Å². The van der Waals surface area contributed by atoms with Crippen molar-refractivity contribution < 1.29 is 19.1 Å². The van der Waals surface area contributed by atoms with Gasteiger partial charge in [-0.1, -0.05) is 34.8 Å². The molecule has 0 aliphatic rings. The Morgan fingerprint density at radius 1 is 1.07 bits per heavy atom. The van der Waals surface area contributed by atoms with Crippen molar-refractivity contribution >= 4 is 63.7 Å². The number of methoxy groups -OCH3 is 1. The number of benzene rings is 2. The average Bonchev–Trinajstić information content (AvgIpc) is 3.20. The first-order valence-electron chi connectivity index (χ1n) is 8.09. The molecule has 150 valence electrons. The molecule has 0 unspecified atom stereocenters. The maximum atomic E-state index is 12.2. The van der Waals surface area contributed by atoms with Gasteiger partial charge in [0.2, 0.25) is 0 Å². The molecule has 1 aromatic heterocycles. The van der Waals surface area contributed by atoms with E-state index in [1.165, 1.54) is 23.5 Å². The molecule has 0 spiro atoms. The molecular weight excluding hydrogens is 459 g/mol. The monoisotopic (exact) mass is 470 g/mol. The van der Waals surface area contributed by atoms with Crippen LogP contribution in [0.2, 0.25) is 15.1 Å². The molecule has 3 rings (SSSR count). The van der Waals surface area contributed by atoms with Crippen molar-refractivity contribution in [2.45, 2.75) is 0 Å². The highest BCUT2D eigenvalue weighted by atomic mass is 35.5. The van der Waals surface area contributed by atoms with Crippen LogP contribution in [0.5, 0.6) is 5.75 Å². The Hall–Kier alpha value is -2.32. The van der Waals surface area contributed by atoms with Crippen molar-refractivity contribution in [3.05, 3.63) is 62.5 Å². The lowest BCUT2D eigenvalue weighted by molar-refractivity contribution is -0.119. The number of carbonyl (C=O) groups excluding carboxylic acids is 2. The van der Waals surface area contributed by atoms with Crippen molar-refractivity contribution in [1.29, 1.82) is 0 Å². The molecule has 0 saturated heterocycles. The van der Waals surface area contributed by atoms with Crippen LogP contribution >= 0.6 is 46.1 Å². The first-order valence-corrected chi connectivity index (χ1v) is 10.1. The molecule has 0 bridgehead atoms. The first-order chi connectivity index (χ1) is 13.9. The zero-order valence-corrected chi connectivity index (χ0v) is 18.0. The molecule has 6 nitrogen and oxygen atoms in total. The summed E-state index contributed by atoms with van der Waals surface area (Å²) in [5.74, 6) is -0.571. The summed E-state index contributed by atoms with van der Waals surface area (Å²) in [5.41, 5.74) is 1.21. The van der Waals surface area contributed by atoms with Gasteiger partial charge in [0.25, 0.3) is 5.91 Å². The highest BCUT2D eigenvalue weighted by Gasteiger charge is 2.16. The SMILES string of the molecule is COc1ccc(-c2nc(C(=O)OCC(=O)Nc3cc(Cl)c(Cl)cc3Cl)cs2)cc1. The Bertz CT molecular complexity index is 1050. The molecule has 0 saturated carbocycles. The molecular formula is C19H13Cl3N2O4S. The Morgan fingerprint density at radius 2 is 1.76 bits per heavy atom. The molecule has 0 aliphatic heterocycles. The summed E-state index contributed by atoms with van der Waals surface area (Å²) in [6.07, 6.45) is 0. The van der Waals surface area contributed by atoms with Crippen molar-refractivity contribution in [2.75, 3.05) is 19.0 Å². The van der Waals surface area contributed by atoms with E-state index in [1.54, 1.807) is 24.6 Å². The van der Waals surface area contributed by atoms with E-state index in [2.05, 4.69) is 10.3 Å². The molecule has 1 N–H and O–H groups in total. The van der Waals surface area contributed by atoms with E-state index in [1.807, 2.05) is 12.1 Å². The van der Waals surface area contributed by atoms with Crippen LogP contribution in [0.15, 0.2) is 41.8 Å². The normalized spacial score (nSPS) is 10.5. The number of nitrogens with one attached hydrogen (secondary N) is 1. The summed E-state index contributed by atoms with van der Waals surface area (Å²) in [5, 5.41) is 5.42. The third-order valence-corrected chi connectivity index (χ3v) is 5.59. The van der Waals surface area contributed by atoms with E-state index in [9.17, 15) is 9.59 Å². The Morgan fingerprint density at radius 3 is 2.45 bits per heavy atom. The number of thiazole rings is 1. The number of anilines is 1. The van der Waals surface area contributed by atoms with E-state index >= 15 is 0 Å². The van der Waals surface area contributed by atoms with E-state index in [-0.39, 0.29) is 26.4 Å². The predicted molar refractivity (Wildman–Crippen MR) is 114 cm³/mol. The van der Waals surface area contributed by atoms with Crippen LogP contribution in [-0.2, 0) is 9.53 Å². The number of hydrogen-bond acceptors (Lipinski definition) is 6. The second-order valence-electron chi connectivity index (χ2n) is 5.64. The zero-order chi connectivity index (χ0) is 21.0. The van der Waals surface area contributed by atoms with E-state index in [0.29, 0.717) is 5.01 Å². The Balaban J connectivity index is 1.59. The Kier molecular flexibility index (Phi) is 6.97. The number of nitrogens with zero attached hydrogens (tertiary/aromatic N) is 1. The maximum Gasteiger partial charge on any atom is 0.358 e. The predicted octanol–water partition coefficient (Wildman–Crippen LogP) is 5.57. The molecule has 1 amide bonds. The molecule has 10 heteroatoms. The molecule has 1 heterocycles. The van der Waals surface area contributed by atoms with Crippen LogP contribution in [0, 0.1) is 0 Å². The minimum Gasteiger partial charge on any atom is -0.497 e. The summed E-state index contributed by atoms with van der Waals surface area (Å²) < 4.78 is 10.1. The van der Waals surface area contributed by atoms with Gasteiger partial charge in [-0.3, -0.25) is 4.79 Å². The van der Waals surface area contributed by atoms with Gasteiger partial charge in [-0.2, -0.15) is 0 Å². The summed E-state index contributed by atoms with van der Waals surface area (Å²) in [7, 11) is 1.58. The van der Waals surface area contributed by atoms with Gasteiger partial charge in [-0.15, -0.1) is 11.3 Å². The lowest BCUT2D eigenvalue weighted by atomic mass is 10.2. The van der Waals surface area contributed by atoms with E-state index < -0.39 is 18.5 Å². The molecule has 2 aromatic carbocycles. The second-order valence-corrected chi connectivity index (χ2v) is 7.72. The van der Waals surface area contributed by atoms with Gasteiger partial charge in [-0.05, 0) is 36.4 Å². The summed E-state index contributed by atoms with van der Waals surface area (Å²) >= 11 is 19.0. The summed E-state index contributed by atoms with van der Waals surface area (Å²) in [6, 6.07) is 10.1. The number of halogens is 3. The first kappa shape index (κ1) is 21.4. The van der Waals surface area contributed by atoms with Gasteiger partial charge < -0.3 is 14.8 Å². The fourth-order valence-corrected chi connectivity index (χ4v) is 3.63. The molecule has 29 heavy (non-hydrogen) atoms. The highest BCUT2D eigenvalue weighted by Crippen LogP contribution is 2.32. The number of hydrogen-bond donors (Lipinski definition) is 1. The molecule has 0 radical (unpaired) electrons. The zero-order valence-electron chi connectivity index (χ0n) is 14.9. The smallest absolute Gasteiger partial charge is 0.358 e. The standard InChI is InChI=1S/C19H13Cl3N2O4S/c1-27-11-4-2-10(3-5-11)18-24-16(9-29-18)19(26)28-8-17(25)23-15-7-13(21)12(20)6-14(15)22/h2-7,9H,8H2,1H3,(H,23,25). The van der Waals surface area contributed by atoms with Crippen molar-refractivity contribution in [2.24, 2.45) is 0 Å². The molecule has 0 atom stereocenters. The third-order valence-electron chi connectivity index (χ3n) is 3.67. The highest BCUT2D eigenvalue weighted by molar-refractivity contribution is 7.13. The lowest BCUT2D eigenvalue weighted by Crippen LogP contribution is -2.21. The maximum absolute atomic E-state index is 12.2. The van der Waals surface area contributed by atoms with E-state index in [4.69, 9.17) is 44.3 Å². The minimum atomic E-state index is -0.712. The fraction of sp³-hybridized carbons (Fsp3) is 0.105. The Labute approximate surface area is 185 Å². The molecule has 3 aromatic rings. The number of aromatic nitrogens is 1. The van der Waals surface area contributed by atoms with Gasteiger partial charge in [-0.25, -0.2) is 9.78 Å². The third kappa shape index (κ3) is 5.39. The van der Waals surface area contributed by atoms with Crippen LogP contribution in [0.1, 0.15) is 10.5 Å². The number of amides is 1. The number of carbonyl (C=O) groups is 2. The number of ether oxygens (including phenoxy) is 2. The van der Waals surface area contributed by atoms with Crippen LogP contribution in [0.4, 0.5) is 5.69 Å².